The number of anilines is 2. The third kappa shape index (κ3) is 7.91. The Hall–Kier alpha value is -3.88. The monoisotopic (exact) mass is 469 g/mol. The Labute approximate surface area is 197 Å². The zero-order valence-electron chi connectivity index (χ0n) is 19.5. The maximum Gasteiger partial charge on any atom is 0.394 e. The quantitative estimate of drug-likeness (QED) is 0.231. The summed E-state index contributed by atoms with van der Waals surface area (Å²) in [7, 11) is 0. The molecule has 0 radical (unpaired) electrons. The number of aromatic amines is 1. The van der Waals surface area contributed by atoms with Gasteiger partial charge in [-0.2, -0.15) is 13.9 Å². The fraction of sp³-hybridized carbons (Fsp3) is 0.280. The van der Waals surface area contributed by atoms with Crippen molar-refractivity contribution < 1.29 is 18.3 Å². The lowest BCUT2D eigenvalue weighted by Crippen LogP contribution is -2.18. The molecule has 3 aromatic rings. The van der Waals surface area contributed by atoms with Crippen LogP contribution >= 0.6 is 0 Å². The second-order valence-corrected chi connectivity index (χ2v) is 7.38. The lowest BCUT2D eigenvalue weighted by molar-refractivity contribution is -0.158. The molecule has 0 unspecified atom stereocenters. The Bertz CT molecular complexity index is 1090. The Balaban J connectivity index is 0.000000509. The van der Waals surface area contributed by atoms with Crippen LogP contribution in [0.5, 0.6) is 5.75 Å². The van der Waals surface area contributed by atoms with E-state index in [1.807, 2.05) is 19.9 Å². The number of allylic oxidation sites excluding steroid dienone is 1. The SMILES string of the molecule is C=CC(=O)CCC.CCC(=N)c1c(-c2cn[nH]c2)ccnc1Nc1ccc(OC(C)(F)F)cc1. The van der Waals surface area contributed by atoms with E-state index in [2.05, 4.69) is 31.8 Å². The molecule has 3 N–H and O–H groups in total. The molecule has 2 heterocycles. The molecular weight excluding hydrogens is 440 g/mol. The second-order valence-electron chi connectivity index (χ2n) is 7.38. The van der Waals surface area contributed by atoms with Crippen molar-refractivity contribution in [1.82, 2.24) is 15.2 Å². The first-order valence-electron chi connectivity index (χ1n) is 10.8. The summed E-state index contributed by atoms with van der Waals surface area (Å²) < 4.78 is 30.4. The van der Waals surface area contributed by atoms with E-state index in [-0.39, 0.29) is 11.5 Å². The number of aromatic nitrogens is 3. The smallest absolute Gasteiger partial charge is 0.394 e. The summed E-state index contributed by atoms with van der Waals surface area (Å²) in [5.74, 6) is 0.715. The van der Waals surface area contributed by atoms with E-state index >= 15 is 0 Å². The summed E-state index contributed by atoms with van der Waals surface area (Å²) in [4.78, 5) is 14.7. The Kier molecular flexibility index (Phi) is 9.61. The molecule has 0 saturated carbocycles. The molecule has 0 aliphatic carbocycles. The minimum absolute atomic E-state index is 0.0645. The highest BCUT2D eigenvalue weighted by Gasteiger charge is 2.23. The number of H-pyrrole nitrogens is 1. The van der Waals surface area contributed by atoms with E-state index < -0.39 is 6.11 Å². The number of carbonyl (C=O) groups is 1. The van der Waals surface area contributed by atoms with Crippen molar-refractivity contribution in [1.29, 1.82) is 5.41 Å². The van der Waals surface area contributed by atoms with Gasteiger partial charge in [-0.25, -0.2) is 4.98 Å². The molecule has 9 heteroatoms. The van der Waals surface area contributed by atoms with Gasteiger partial charge in [0, 0.05) is 48.3 Å². The van der Waals surface area contributed by atoms with E-state index in [0.29, 0.717) is 42.5 Å². The number of ether oxygens (including phenoxy) is 1. The van der Waals surface area contributed by atoms with Crippen LogP contribution in [0.15, 0.2) is 61.6 Å². The van der Waals surface area contributed by atoms with E-state index in [4.69, 9.17) is 5.41 Å². The number of hydrogen-bond acceptors (Lipinski definition) is 6. The number of rotatable bonds is 10. The summed E-state index contributed by atoms with van der Waals surface area (Å²) in [6.07, 6.45) is 5.30. The van der Waals surface area contributed by atoms with Crippen LogP contribution in [-0.4, -0.2) is 32.8 Å². The number of benzene rings is 1. The number of halogens is 2. The Morgan fingerprint density at radius 1 is 1.26 bits per heavy atom. The first-order valence-corrected chi connectivity index (χ1v) is 10.8. The fourth-order valence-corrected chi connectivity index (χ4v) is 2.98. The fourth-order valence-electron chi connectivity index (χ4n) is 2.98. The molecule has 0 amide bonds. The molecule has 7 nitrogen and oxygen atoms in total. The van der Waals surface area contributed by atoms with Crippen molar-refractivity contribution in [3.05, 3.63) is 67.1 Å². The highest BCUT2D eigenvalue weighted by Crippen LogP contribution is 2.31. The minimum atomic E-state index is -3.24. The lowest BCUT2D eigenvalue weighted by Gasteiger charge is -2.16. The minimum Gasteiger partial charge on any atom is -0.433 e. The van der Waals surface area contributed by atoms with Crippen molar-refractivity contribution >= 4 is 23.0 Å². The average Bonchev–Trinajstić information content (AvgIpc) is 3.34. The summed E-state index contributed by atoms with van der Waals surface area (Å²) in [6, 6.07) is 7.96. The normalized spacial score (nSPS) is 10.6. The van der Waals surface area contributed by atoms with Gasteiger partial charge in [0.1, 0.15) is 11.6 Å². The molecule has 0 aliphatic heterocycles. The number of carbonyl (C=O) groups excluding carboxylic acids is 1. The van der Waals surface area contributed by atoms with Gasteiger partial charge in [-0.3, -0.25) is 9.89 Å². The number of ketones is 1. The van der Waals surface area contributed by atoms with E-state index in [9.17, 15) is 13.6 Å². The van der Waals surface area contributed by atoms with Crippen LogP contribution in [0.3, 0.4) is 0 Å². The van der Waals surface area contributed by atoms with Crippen molar-refractivity contribution in [2.75, 3.05) is 5.32 Å². The number of nitrogens with zero attached hydrogens (tertiary/aromatic N) is 2. The van der Waals surface area contributed by atoms with E-state index in [0.717, 1.165) is 17.5 Å². The molecule has 0 saturated heterocycles. The van der Waals surface area contributed by atoms with Crippen LogP contribution in [0, 0.1) is 5.41 Å². The second kappa shape index (κ2) is 12.4. The van der Waals surface area contributed by atoms with Crippen molar-refractivity contribution in [2.45, 2.75) is 46.1 Å². The van der Waals surface area contributed by atoms with Gasteiger partial charge in [0.15, 0.2) is 5.78 Å². The van der Waals surface area contributed by atoms with Crippen LogP contribution < -0.4 is 10.1 Å². The summed E-state index contributed by atoms with van der Waals surface area (Å²) >= 11 is 0. The van der Waals surface area contributed by atoms with Crippen molar-refractivity contribution in [2.24, 2.45) is 0 Å². The molecule has 3 rings (SSSR count). The molecule has 0 fully saturated rings. The van der Waals surface area contributed by atoms with Gasteiger partial charge in [0.25, 0.3) is 0 Å². The first kappa shape index (κ1) is 26.4. The van der Waals surface area contributed by atoms with Gasteiger partial charge in [-0.15, -0.1) is 0 Å². The van der Waals surface area contributed by atoms with Crippen molar-refractivity contribution in [3.8, 4) is 16.9 Å². The number of nitrogens with one attached hydrogen (secondary N) is 3. The third-order valence-electron chi connectivity index (χ3n) is 4.55. The first-order chi connectivity index (χ1) is 16.2. The molecule has 0 aliphatic rings. The summed E-state index contributed by atoms with van der Waals surface area (Å²) in [5, 5.41) is 18.2. The van der Waals surface area contributed by atoms with Crippen molar-refractivity contribution in [3.63, 3.8) is 0 Å². The topological polar surface area (TPSA) is 104 Å². The van der Waals surface area contributed by atoms with Gasteiger partial charge in [-0.05, 0) is 54.8 Å². The van der Waals surface area contributed by atoms with Gasteiger partial charge < -0.3 is 15.5 Å². The largest absolute Gasteiger partial charge is 0.433 e. The van der Waals surface area contributed by atoms with Crippen LogP contribution in [0.1, 0.15) is 45.6 Å². The molecular formula is C25H29F2N5O2. The summed E-state index contributed by atoms with van der Waals surface area (Å²) in [6.45, 7) is 7.89. The van der Waals surface area contributed by atoms with Gasteiger partial charge >= 0.3 is 6.11 Å². The van der Waals surface area contributed by atoms with E-state index in [1.165, 1.54) is 18.2 Å². The molecule has 0 atom stereocenters. The third-order valence-corrected chi connectivity index (χ3v) is 4.55. The standard InChI is InChI=1S/C19H19F2N5O.C6H10O/c1-3-16(22)17-15(12-10-24-25-11-12)8-9-23-18(17)26-13-4-6-14(7-5-13)27-19(2,20)21;1-3-5-6(7)4-2/h4-11,22H,3H2,1-2H3,(H,23,26)(H,24,25);4H,2-3,5H2,1H3. The molecule has 0 spiro atoms. The molecule has 2 aromatic heterocycles. The Morgan fingerprint density at radius 2 is 1.97 bits per heavy atom. The molecule has 1 aromatic carbocycles. The van der Waals surface area contributed by atoms with Gasteiger partial charge in [0.2, 0.25) is 0 Å². The summed E-state index contributed by atoms with van der Waals surface area (Å²) in [5.41, 5.74) is 3.42. The predicted octanol–water partition coefficient (Wildman–Crippen LogP) is 6.53. The predicted molar refractivity (Wildman–Crippen MR) is 130 cm³/mol. The molecule has 0 bridgehead atoms. The highest BCUT2D eigenvalue weighted by atomic mass is 19.3. The number of pyridine rings is 1. The van der Waals surface area contributed by atoms with Crippen LogP contribution in [0.4, 0.5) is 20.3 Å². The maximum absolute atomic E-state index is 12.9. The van der Waals surface area contributed by atoms with E-state index in [1.54, 1.807) is 30.7 Å². The van der Waals surface area contributed by atoms with Crippen LogP contribution in [0.2, 0.25) is 0 Å². The lowest BCUT2D eigenvalue weighted by atomic mass is 9.98. The average molecular weight is 470 g/mol. The van der Waals surface area contributed by atoms with Gasteiger partial charge in [0.05, 0.1) is 6.20 Å². The van der Waals surface area contributed by atoms with Gasteiger partial charge in [-0.1, -0.05) is 20.4 Å². The molecule has 34 heavy (non-hydrogen) atoms. The Morgan fingerprint density at radius 3 is 2.47 bits per heavy atom. The zero-order valence-corrected chi connectivity index (χ0v) is 19.5. The molecule has 180 valence electrons. The highest BCUT2D eigenvalue weighted by molar-refractivity contribution is 6.08. The van der Waals surface area contributed by atoms with Crippen LogP contribution in [-0.2, 0) is 4.79 Å². The number of hydrogen-bond donors (Lipinski definition) is 3. The van der Waals surface area contributed by atoms with Crippen LogP contribution in [0.25, 0.3) is 11.1 Å². The number of alkyl halides is 2. The maximum atomic E-state index is 12.9. The zero-order chi connectivity index (χ0) is 25.1.